The first-order valence-corrected chi connectivity index (χ1v) is 17.3. The van der Waals surface area contributed by atoms with Gasteiger partial charge in [-0.05, 0) is 68.4 Å². The molecule has 2 unspecified atom stereocenters. The normalized spacial score (nSPS) is 21.9. The van der Waals surface area contributed by atoms with E-state index in [2.05, 4.69) is 34.2 Å². The first-order chi connectivity index (χ1) is 19.9. The van der Waals surface area contributed by atoms with E-state index in [0.29, 0.717) is 31.0 Å². The number of carbonyl (C=O) groups excluding carboxylic acids is 1. The van der Waals surface area contributed by atoms with Crippen LogP contribution in [0.3, 0.4) is 0 Å². The van der Waals surface area contributed by atoms with Crippen LogP contribution in [0.25, 0.3) is 0 Å². The van der Waals surface area contributed by atoms with Crippen molar-refractivity contribution in [2.45, 2.75) is 51.7 Å². The van der Waals surface area contributed by atoms with Gasteiger partial charge in [-0.15, -0.1) is 0 Å². The summed E-state index contributed by atoms with van der Waals surface area (Å²) < 4.78 is 50.9. The number of hydrogen-bond acceptors (Lipinski definition) is 6. The number of ether oxygens (including phenoxy) is 1. The zero-order chi connectivity index (χ0) is 29.8. The number of hydrogen-bond donors (Lipinski definition) is 1. The smallest absolute Gasteiger partial charge is 0.358 e. The summed E-state index contributed by atoms with van der Waals surface area (Å²) in [5.41, 5.74) is 2.40. The maximum absolute atomic E-state index is 14.0. The van der Waals surface area contributed by atoms with Crippen LogP contribution in [0.4, 0.5) is 19.0 Å². The van der Waals surface area contributed by atoms with Gasteiger partial charge in [0, 0.05) is 36.3 Å². The van der Waals surface area contributed by atoms with Crippen LogP contribution in [0, 0.1) is 18.8 Å². The SMILES string of the molecule is Cc1c2c(nn1COCCS(C)(C)C)[C@H](NC(=O)c1cnn(Cc3ccc(N4CC5CC5C4)nc3C(F)(F)F)c1)CC2. The zero-order valence-corrected chi connectivity index (χ0v) is 25.3. The molecular weight excluding hydrogens is 567 g/mol. The fourth-order valence-corrected chi connectivity index (χ4v) is 6.56. The first kappa shape index (κ1) is 29.0. The number of halogens is 3. The Morgan fingerprint density at radius 1 is 1.19 bits per heavy atom. The molecule has 2 fully saturated rings. The predicted molar refractivity (Wildman–Crippen MR) is 156 cm³/mol. The average Bonchev–Trinajstić information content (AvgIpc) is 3.33. The Morgan fingerprint density at radius 3 is 2.67 bits per heavy atom. The number of amides is 1. The molecule has 3 aliphatic rings. The molecule has 13 heteroatoms. The van der Waals surface area contributed by atoms with Gasteiger partial charge in [0.25, 0.3) is 5.91 Å². The van der Waals surface area contributed by atoms with Gasteiger partial charge in [-0.3, -0.25) is 9.48 Å². The molecule has 6 rings (SSSR count). The number of pyridine rings is 1. The van der Waals surface area contributed by atoms with Gasteiger partial charge in [-0.25, -0.2) is 19.7 Å². The summed E-state index contributed by atoms with van der Waals surface area (Å²) in [4.78, 5) is 19.1. The number of nitrogens with one attached hydrogen (secondary N) is 1. The lowest BCUT2D eigenvalue weighted by atomic mass is 10.1. The third-order valence-electron chi connectivity index (χ3n) is 8.50. The predicted octanol–water partition coefficient (Wildman–Crippen LogP) is 4.39. The van der Waals surface area contributed by atoms with Crippen LogP contribution < -0.4 is 10.2 Å². The summed E-state index contributed by atoms with van der Waals surface area (Å²) in [5.74, 6) is 2.22. The third-order valence-corrected chi connectivity index (χ3v) is 9.89. The lowest BCUT2D eigenvalue weighted by Gasteiger charge is -2.24. The van der Waals surface area contributed by atoms with Crippen LogP contribution in [-0.2, 0) is 30.6 Å². The average molecular weight is 606 g/mol. The highest BCUT2D eigenvalue weighted by atomic mass is 32.3. The Morgan fingerprint density at radius 2 is 1.95 bits per heavy atom. The number of piperidine rings is 1. The molecule has 1 aliphatic heterocycles. The van der Waals surface area contributed by atoms with Crippen LogP contribution in [0.5, 0.6) is 0 Å². The first-order valence-electron chi connectivity index (χ1n) is 14.3. The molecule has 9 nitrogen and oxygen atoms in total. The number of alkyl halides is 3. The van der Waals surface area contributed by atoms with E-state index in [4.69, 9.17) is 9.84 Å². The van der Waals surface area contributed by atoms with Crippen molar-refractivity contribution < 1.29 is 22.7 Å². The largest absolute Gasteiger partial charge is 0.433 e. The monoisotopic (exact) mass is 605 g/mol. The number of nitrogens with zero attached hydrogens (tertiary/aromatic N) is 6. The number of rotatable bonds is 10. The summed E-state index contributed by atoms with van der Waals surface area (Å²) in [6.07, 6.45) is 7.73. The molecule has 3 atom stereocenters. The second-order valence-corrected chi connectivity index (χ2v) is 17.2. The highest BCUT2D eigenvalue weighted by Crippen LogP contribution is 2.46. The maximum Gasteiger partial charge on any atom is 0.433 e. The van der Waals surface area contributed by atoms with Crippen molar-refractivity contribution in [2.24, 2.45) is 11.8 Å². The molecular formula is C29H38F3N7O2S. The summed E-state index contributed by atoms with van der Waals surface area (Å²) >= 11 is 0. The van der Waals surface area contributed by atoms with Crippen molar-refractivity contribution in [1.82, 2.24) is 29.9 Å². The van der Waals surface area contributed by atoms with E-state index in [-0.39, 0.29) is 29.6 Å². The van der Waals surface area contributed by atoms with Crippen molar-refractivity contribution in [3.05, 3.63) is 58.3 Å². The molecule has 0 aromatic carbocycles. The summed E-state index contributed by atoms with van der Waals surface area (Å²) in [6.45, 7) is 4.45. The van der Waals surface area contributed by atoms with Gasteiger partial charge >= 0.3 is 6.18 Å². The van der Waals surface area contributed by atoms with E-state index in [1.54, 1.807) is 6.07 Å². The van der Waals surface area contributed by atoms with Gasteiger partial charge in [0.05, 0.1) is 36.6 Å². The van der Waals surface area contributed by atoms with Crippen LogP contribution in [0.2, 0.25) is 0 Å². The second-order valence-electron chi connectivity index (χ2n) is 12.6. The van der Waals surface area contributed by atoms with Crippen LogP contribution >= 0.6 is 10.0 Å². The summed E-state index contributed by atoms with van der Waals surface area (Å²) in [5, 5.41) is 12.0. The Labute approximate surface area is 245 Å². The van der Waals surface area contributed by atoms with Crippen LogP contribution in [-0.4, -0.2) is 74.7 Å². The third kappa shape index (κ3) is 6.17. The minimum atomic E-state index is -4.60. The highest BCUT2D eigenvalue weighted by molar-refractivity contribution is 8.32. The van der Waals surface area contributed by atoms with Crippen molar-refractivity contribution in [2.75, 3.05) is 49.1 Å². The summed E-state index contributed by atoms with van der Waals surface area (Å²) in [6, 6.07) is 2.88. The van der Waals surface area contributed by atoms with E-state index < -0.39 is 21.9 Å². The van der Waals surface area contributed by atoms with E-state index >= 15 is 0 Å². The molecule has 3 aromatic heterocycles. The molecule has 2 aliphatic carbocycles. The Hall–Kier alpha value is -3.06. The lowest BCUT2D eigenvalue weighted by Crippen LogP contribution is -2.27. The molecule has 1 saturated heterocycles. The molecule has 42 heavy (non-hydrogen) atoms. The molecule has 3 aromatic rings. The molecule has 0 radical (unpaired) electrons. The fourth-order valence-electron chi connectivity index (χ4n) is 5.94. The number of fused-ring (bicyclic) bond motifs is 2. The van der Waals surface area contributed by atoms with Crippen LogP contribution in [0.15, 0.2) is 24.5 Å². The van der Waals surface area contributed by atoms with Gasteiger partial charge < -0.3 is 15.0 Å². The van der Waals surface area contributed by atoms with E-state index in [1.807, 2.05) is 16.5 Å². The number of anilines is 1. The van der Waals surface area contributed by atoms with E-state index in [0.717, 1.165) is 55.1 Å². The Bertz CT molecular complexity index is 1470. The van der Waals surface area contributed by atoms with Gasteiger partial charge in [-0.1, -0.05) is 6.07 Å². The molecule has 1 N–H and O–H groups in total. The zero-order valence-electron chi connectivity index (χ0n) is 24.4. The minimum Gasteiger partial charge on any atom is -0.358 e. The molecule has 1 saturated carbocycles. The quantitative estimate of drug-likeness (QED) is 0.345. The maximum atomic E-state index is 14.0. The van der Waals surface area contributed by atoms with Crippen molar-refractivity contribution in [3.8, 4) is 0 Å². The Balaban J connectivity index is 1.10. The van der Waals surface area contributed by atoms with Gasteiger partial charge in [0.15, 0.2) is 5.69 Å². The van der Waals surface area contributed by atoms with Gasteiger partial charge in [0.2, 0.25) is 0 Å². The van der Waals surface area contributed by atoms with Gasteiger partial charge in [-0.2, -0.15) is 23.4 Å². The fraction of sp³-hybridized carbons (Fsp3) is 0.586. The van der Waals surface area contributed by atoms with Crippen molar-refractivity contribution >= 4 is 21.8 Å². The number of aromatic nitrogens is 5. The lowest BCUT2D eigenvalue weighted by molar-refractivity contribution is -0.141. The molecule has 0 spiro atoms. The summed E-state index contributed by atoms with van der Waals surface area (Å²) in [7, 11) is -0.628. The van der Waals surface area contributed by atoms with E-state index in [9.17, 15) is 18.0 Å². The van der Waals surface area contributed by atoms with Crippen molar-refractivity contribution in [1.29, 1.82) is 0 Å². The van der Waals surface area contributed by atoms with Crippen molar-refractivity contribution in [3.63, 3.8) is 0 Å². The standard InChI is InChI=1S/C29H38F3N7O2S/c1-18-23-6-7-24(26(23)36-39(18)17-41-9-10-42(2,3)4)34-28(40)22-12-33-38(16-22)15-19-5-8-25(35-27(19)29(30,31)32)37-13-20-11-21(20)14-37/h5,8,12,16,20-21,24H,6-7,9-11,13-15,17H2,1-4H3,(H,34,40)/t20?,21?,24-/m1/s1. The Kier molecular flexibility index (Phi) is 7.53. The second kappa shape index (κ2) is 10.9. The molecule has 0 bridgehead atoms. The molecule has 228 valence electrons. The number of carbonyl (C=O) groups is 1. The van der Waals surface area contributed by atoms with Crippen LogP contribution in [0.1, 0.15) is 57.5 Å². The topological polar surface area (TPSA) is 90.1 Å². The molecule has 1 amide bonds. The van der Waals surface area contributed by atoms with Gasteiger partial charge in [0.1, 0.15) is 12.5 Å². The van der Waals surface area contributed by atoms with E-state index in [1.165, 1.54) is 23.1 Å². The minimum absolute atomic E-state index is 0.0123. The highest BCUT2D eigenvalue weighted by Gasteiger charge is 2.46. The molecule has 4 heterocycles.